The van der Waals surface area contributed by atoms with Crippen LogP contribution in [-0.2, 0) is 0 Å². The first-order valence-corrected chi connectivity index (χ1v) is 12.9. The second kappa shape index (κ2) is 8.68. The highest BCUT2D eigenvalue weighted by Crippen LogP contribution is 2.35. The van der Waals surface area contributed by atoms with E-state index in [9.17, 15) is 0 Å². The Hall–Kier alpha value is -5.21. The van der Waals surface area contributed by atoms with Gasteiger partial charge in [-0.15, -0.1) is 0 Å². The molecular formula is C37H24N2. The Morgan fingerprint density at radius 1 is 0.462 bits per heavy atom. The summed E-state index contributed by atoms with van der Waals surface area (Å²) in [6, 6.07) is 37.7. The molecule has 0 aliphatic carbocycles. The number of nitrogens with zero attached hydrogens (tertiary/aromatic N) is 2. The summed E-state index contributed by atoms with van der Waals surface area (Å²) in [5.74, 6) is 0. The zero-order valence-electron chi connectivity index (χ0n) is 25.9. The summed E-state index contributed by atoms with van der Waals surface area (Å²) >= 11 is 0. The average Bonchev–Trinajstić information content (AvgIpc) is 3.47. The third kappa shape index (κ3) is 3.53. The number of hydrogen-bond acceptors (Lipinski definition) is 1. The van der Waals surface area contributed by atoms with E-state index in [4.69, 9.17) is 11.8 Å². The molecule has 0 atom stereocenters. The second-order valence-electron chi connectivity index (χ2n) is 9.69. The van der Waals surface area contributed by atoms with Crippen LogP contribution in [0.15, 0.2) is 145 Å². The van der Waals surface area contributed by atoms with E-state index in [0.717, 1.165) is 49.8 Å². The maximum atomic E-state index is 8.28. The lowest BCUT2D eigenvalue weighted by Gasteiger charge is -2.11. The molecule has 0 saturated carbocycles. The van der Waals surface area contributed by atoms with Gasteiger partial charge in [0, 0.05) is 10.8 Å². The smallest absolute Gasteiger partial charge is 0.146 e. The Labute approximate surface area is 233 Å². The molecular weight excluding hydrogens is 472 g/mol. The quantitative estimate of drug-likeness (QED) is 0.220. The Morgan fingerprint density at radius 3 is 1.74 bits per heavy atom. The normalized spacial score (nSPS) is 13.4. The van der Waals surface area contributed by atoms with E-state index in [-0.39, 0.29) is 35.8 Å². The van der Waals surface area contributed by atoms with Gasteiger partial charge >= 0.3 is 0 Å². The molecule has 0 aliphatic rings. The summed E-state index contributed by atoms with van der Waals surface area (Å²) in [6.45, 7) is 0. The van der Waals surface area contributed by atoms with Crippen LogP contribution in [0.1, 0.15) is 6.85 Å². The molecule has 0 aliphatic heterocycles. The monoisotopic (exact) mass is 501 g/mol. The van der Waals surface area contributed by atoms with Crippen LogP contribution in [0.25, 0.3) is 71.7 Å². The van der Waals surface area contributed by atoms with Crippen LogP contribution in [0.4, 0.5) is 0 Å². The zero-order valence-corrected chi connectivity index (χ0v) is 20.9. The van der Waals surface area contributed by atoms with Crippen molar-refractivity contribution in [2.45, 2.75) is 0 Å². The highest BCUT2D eigenvalue weighted by atomic mass is 15.0. The number of aromatic nitrogens is 2. The van der Waals surface area contributed by atoms with Gasteiger partial charge in [-0.25, -0.2) is 4.98 Å². The van der Waals surface area contributed by atoms with Crippen molar-refractivity contribution >= 4 is 38.4 Å². The standard InChI is InChI=1S/C37H24N2/c1-2-8-25(9-3-1)26-14-16-27(17-15-26)28-18-20-29(21-19-28)30-22-23-32-31-10-4-5-11-33(31)37-38-34-12-6-7-13-35(34)39(37)36(32)24-30/h1-24H/i1D,2D,3D,8D,9D. The molecule has 0 bridgehead atoms. The van der Waals surface area contributed by atoms with Crippen LogP contribution in [0.2, 0.25) is 0 Å². The number of hydrogen-bond donors (Lipinski definition) is 0. The van der Waals surface area contributed by atoms with Gasteiger partial charge in [-0.1, -0.05) is 127 Å². The molecule has 2 nitrogen and oxygen atoms in total. The lowest BCUT2D eigenvalue weighted by Crippen LogP contribution is -1.92. The van der Waals surface area contributed by atoms with Gasteiger partial charge in [-0.2, -0.15) is 0 Å². The van der Waals surface area contributed by atoms with E-state index < -0.39 is 0 Å². The summed E-state index contributed by atoms with van der Waals surface area (Å²) in [6.07, 6.45) is 0. The minimum absolute atomic E-state index is 0.197. The minimum atomic E-state index is -0.386. The van der Waals surface area contributed by atoms with Gasteiger partial charge in [-0.05, 0) is 57.0 Å². The zero-order chi connectivity index (χ0) is 30.1. The number of benzene rings is 6. The van der Waals surface area contributed by atoms with Crippen molar-refractivity contribution in [2.24, 2.45) is 0 Å². The lowest BCUT2D eigenvalue weighted by atomic mass is 9.97. The van der Waals surface area contributed by atoms with Gasteiger partial charge in [-0.3, -0.25) is 4.40 Å². The molecule has 0 fully saturated rings. The van der Waals surface area contributed by atoms with E-state index in [1.807, 2.05) is 30.3 Å². The Kier molecular flexibility index (Phi) is 3.86. The van der Waals surface area contributed by atoms with Crippen molar-refractivity contribution in [1.29, 1.82) is 0 Å². The fraction of sp³-hybridized carbons (Fsp3) is 0. The van der Waals surface area contributed by atoms with E-state index in [1.54, 1.807) is 0 Å². The molecule has 8 aromatic rings. The summed E-state index contributed by atoms with van der Waals surface area (Å²) in [4.78, 5) is 5.00. The molecule has 8 rings (SSSR count). The number of pyridine rings is 1. The number of para-hydroxylation sites is 2. The molecule has 0 radical (unpaired) electrons. The Bertz CT molecular complexity index is 2400. The molecule has 2 heteroatoms. The van der Waals surface area contributed by atoms with Crippen molar-refractivity contribution < 1.29 is 6.85 Å². The van der Waals surface area contributed by atoms with Gasteiger partial charge in [0.2, 0.25) is 0 Å². The predicted octanol–water partition coefficient (Wildman–Crippen LogP) is 9.79. The largest absolute Gasteiger partial charge is 0.292 e. The van der Waals surface area contributed by atoms with Gasteiger partial charge in [0.1, 0.15) is 5.65 Å². The van der Waals surface area contributed by atoms with Crippen LogP contribution in [0.3, 0.4) is 0 Å². The molecule has 6 aromatic carbocycles. The molecule has 0 unspecified atom stereocenters. The van der Waals surface area contributed by atoms with Gasteiger partial charge in [0.15, 0.2) is 0 Å². The molecule has 0 N–H and O–H groups in total. The molecule has 2 aromatic heterocycles. The first kappa shape index (κ1) is 17.3. The van der Waals surface area contributed by atoms with E-state index >= 15 is 0 Å². The van der Waals surface area contributed by atoms with Crippen LogP contribution >= 0.6 is 0 Å². The highest BCUT2D eigenvalue weighted by molar-refractivity contribution is 6.14. The van der Waals surface area contributed by atoms with Crippen molar-refractivity contribution in [2.75, 3.05) is 0 Å². The minimum Gasteiger partial charge on any atom is -0.292 e. The first-order chi connectivity index (χ1) is 21.4. The molecule has 0 amide bonds. The van der Waals surface area contributed by atoms with Crippen LogP contribution in [0, 0.1) is 0 Å². The molecule has 2 heterocycles. The maximum absolute atomic E-state index is 8.28. The first-order valence-electron chi connectivity index (χ1n) is 15.4. The number of imidazole rings is 1. The van der Waals surface area contributed by atoms with Crippen molar-refractivity contribution in [1.82, 2.24) is 9.38 Å². The highest BCUT2D eigenvalue weighted by Gasteiger charge is 2.14. The summed E-state index contributed by atoms with van der Waals surface area (Å²) in [5.41, 5.74) is 9.11. The number of rotatable bonds is 3. The van der Waals surface area contributed by atoms with Crippen molar-refractivity contribution in [3.63, 3.8) is 0 Å². The van der Waals surface area contributed by atoms with Crippen LogP contribution in [-0.4, -0.2) is 9.38 Å². The summed E-state index contributed by atoms with van der Waals surface area (Å²) in [5, 5.41) is 3.49. The topological polar surface area (TPSA) is 17.3 Å². The summed E-state index contributed by atoms with van der Waals surface area (Å²) < 4.78 is 42.7. The average molecular weight is 502 g/mol. The molecule has 0 spiro atoms. The maximum Gasteiger partial charge on any atom is 0.146 e. The van der Waals surface area contributed by atoms with Crippen molar-refractivity contribution in [3.05, 3.63) is 145 Å². The van der Waals surface area contributed by atoms with E-state index in [0.29, 0.717) is 5.56 Å². The fourth-order valence-electron chi connectivity index (χ4n) is 5.57. The molecule has 39 heavy (non-hydrogen) atoms. The Morgan fingerprint density at radius 2 is 1.03 bits per heavy atom. The van der Waals surface area contributed by atoms with Crippen LogP contribution in [0.5, 0.6) is 0 Å². The van der Waals surface area contributed by atoms with Gasteiger partial charge in [0.05, 0.1) is 23.4 Å². The molecule has 0 saturated heterocycles. The van der Waals surface area contributed by atoms with Gasteiger partial charge < -0.3 is 0 Å². The third-order valence-electron chi connectivity index (χ3n) is 7.48. The van der Waals surface area contributed by atoms with E-state index in [2.05, 4.69) is 89.3 Å². The second-order valence-corrected chi connectivity index (χ2v) is 9.69. The van der Waals surface area contributed by atoms with Crippen LogP contribution < -0.4 is 0 Å². The summed E-state index contributed by atoms with van der Waals surface area (Å²) in [7, 11) is 0. The predicted molar refractivity (Wildman–Crippen MR) is 164 cm³/mol. The number of fused-ring (bicyclic) bond motifs is 8. The lowest BCUT2D eigenvalue weighted by molar-refractivity contribution is 1.31. The van der Waals surface area contributed by atoms with Gasteiger partial charge in [0.25, 0.3) is 0 Å². The SMILES string of the molecule is [2H]c1c([2H])c([2H])c(-c2ccc(-c3ccc(-c4ccc5c6ccccc6c6nc7ccccc7n6c5c4)cc3)cc2)c([2H])c1[2H]. The molecule has 182 valence electrons. The Balaban J connectivity index is 1.19. The fourth-order valence-corrected chi connectivity index (χ4v) is 5.57. The van der Waals surface area contributed by atoms with Crippen molar-refractivity contribution in [3.8, 4) is 33.4 Å². The van der Waals surface area contributed by atoms with E-state index in [1.165, 1.54) is 10.8 Å². The third-order valence-corrected chi connectivity index (χ3v) is 7.48.